The van der Waals surface area contributed by atoms with E-state index in [4.69, 9.17) is 4.74 Å². The second kappa shape index (κ2) is 8.53. The Kier molecular flexibility index (Phi) is 5.43. The number of hydrogen-bond acceptors (Lipinski definition) is 5. The van der Waals surface area contributed by atoms with Crippen molar-refractivity contribution in [2.45, 2.75) is 44.9 Å². The van der Waals surface area contributed by atoms with Crippen molar-refractivity contribution in [3.63, 3.8) is 0 Å². The number of carbonyl (C=O) groups is 1. The molecule has 0 bridgehead atoms. The highest BCUT2D eigenvalue weighted by molar-refractivity contribution is 6.18. The molecule has 0 saturated heterocycles. The maximum Gasteiger partial charge on any atom is 0.261 e. The summed E-state index contributed by atoms with van der Waals surface area (Å²) >= 11 is 0. The van der Waals surface area contributed by atoms with Gasteiger partial charge < -0.3 is 10.1 Å². The molecule has 1 amide bonds. The summed E-state index contributed by atoms with van der Waals surface area (Å²) in [6, 6.07) is 7.59. The average Bonchev–Trinajstić information content (AvgIpc) is 3.39. The molecule has 3 aromatic rings. The molecule has 8 heteroatoms. The molecule has 1 unspecified atom stereocenters. The number of aliphatic imine (C=N–C) groups is 1. The number of nitrogens with one attached hydrogen (secondary N) is 1. The van der Waals surface area contributed by atoms with Crippen LogP contribution in [0.25, 0.3) is 5.65 Å². The predicted octanol–water partition coefficient (Wildman–Crippen LogP) is 4.20. The second-order valence-electron chi connectivity index (χ2n) is 8.05. The third-order valence-corrected chi connectivity index (χ3v) is 5.65. The molecular weight excluding hydrogens is 409 g/mol. The van der Waals surface area contributed by atoms with Crippen molar-refractivity contribution >= 4 is 17.3 Å². The van der Waals surface area contributed by atoms with Gasteiger partial charge in [-0.25, -0.2) is 13.9 Å². The van der Waals surface area contributed by atoms with Crippen molar-refractivity contribution in [2.75, 3.05) is 6.54 Å². The van der Waals surface area contributed by atoms with Crippen LogP contribution in [0.5, 0.6) is 5.75 Å². The summed E-state index contributed by atoms with van der Waals surface area (Å²) in [4.78, 5) is 21.8. The Labute approximate surface area is 185 Å². The number of nitrogens with zero attached hydrogens (tertiary/aromatic N) is 4. The summed E-state index contributed by atoms with van der Waals surface area (Å²) in [5.41, 5.74) is 3.91. The lowest BCUT2D eigenvalue weighted by Gasteiger charge is -2.17. The Balaban J connectivity index is 1.43. The van der Waals surface area contributed by atoms with E-state index in [2.05, 4.69) is 20.4 Å². The number of hydrogen-bond donors (Lipinski definition) is 1. The monoisotopic (exact) mass is 433 g/mol. The fourth-order valence-electron chi connectivity index (χ4n) is 3.86. The minimum Gasteiger partial charge on any atom is -0.460 e. The van der Waals surface area contributed by atoms with E-state index in [1.807, 2.05) is 31.2 Å². The summed E-state index contributed by atoms with van der Waals surface area (Å²) in [6.45, 7) is 2.35. The molecule has 0 radical (unpaired) electrons. The fourth-order valence-corrected chi connectivity index (χ4v) is 3.86. The van der Waals surface area contributed by atoms with Crippen LogP contribution in [0.4, 0.5) is 4.39 Å². The van der Waals surface area contributed by atoms with Crippen LogP contribution >= 0.6 is 0 Å². The van der Waals surface area contributed by atoms with E-state index in [9.17, 15) is 9.18 Å². The van der Waals surface area contributed by atoms with E-state index in [0.717, 1.165) is 12.8 Å². The third-order valence-electron chi connectivity index (χ3n) is 5.65. The standard InChI is InChI=1S/C24H24FN5O2/c1-2-4-21(25)32-20-8-7-16(15-5-6-15)13-17(20)22-19(9-11-26-22)29-24(31)18-14-28-30-12-3-10-27-23(18)30/h3,7-10,12-15,21H,2,4-6,11H2,1H3,(H,29,31). The smallest absolute Gasteiger partial charge is 0.261 e. The van der Waals surface area contributed by atoms with Gasteiger partial charge in [-0.1, -0.05) is 13.0 Å². The van der Waals surface area contributed by atoms with E-state index in [1.165, 1.54) is 11.8 Å². The molecule has 2 aliphatic rings. The van der Waals surface area contributed by atoms with Crippen molar-refractivity contribution in [1.29, 1.82) is 0 Å². The molecule has 1 N–H and O–H groups in total. The summed E-state index contributed by atoms with van der Waals surface area (Å²) in [7, 11) is 0. The molecule has 32 heavy (non-hydrogen) atoms. The predicted molar refractivity (Wildman–Crippen MR) is 119 cm³/mol. The lowest BCUT2D eigenvalue weighted by molar-refractivity contribution is 0.0586. The van der Waals surface area contributed by atoms with Crippen LogP contribution in [0.2, 0.25) is 0 Å². The SMILES string of the molecule is CCCC(F)Oc1ccc(C2CC2)cc1C1=NCC=C1NC(=O)c1cnn2cccnc12. The Hall–Kier alpha value is -3.55. The Morgan fingerprint density at radius 3 is 3.06 bits per heavy atom. The van der Waals surface area contributed by atoms with Crippen molar-refractivity contribution in [2.24, 2.45) is 4.99 Å². The van der Waals surface area contributed by atoms with Crippen molar-refractivity contribution in [1.82, 2.24) is 19.9 Å². The van der Waals surface area contributed by atoms with Crippen LogP contribution in [0.1, 0.15) is 60.0 Å². The van der Waals surface area contributed by atoms with Crippen molar-refractivity contribution in [3.05, 3.63) is 71.3 Å². The van der Waals surface area contributed by atoms with Gasteiger partial charge in [0, 0.05) is 24.4 Å². The number of benzene rings is 1. The highest BCUT2D eigenvalue weighted by atomic mass is 19.1. The fraction of sp³-hybridized carbons (Fsp3) is 0.333. The molecule has 164 valence electrons. The molecule has 1 aliphatic carbocycles. The number of alkyl halides is 1. The van der Waals surface area contributed by atoms with Crippen molar-refractivity contribution in [3.8, 4) is 5.75 Å². The number of aromatic nitrogens is 3. The van der Waals surface area contributed by atoms with Crippen LogP contribution in [-0.2, 0) is 0 Å². The zero-order valence-corrected chi connectivity index (χ0v) is 17.8. The first-order chi connectivity index (χ1) is 15.6. The van der Waals surface area contributed by atoms with Crippen LogP contribution < -0.4 is 10.1 Å². The van der Waals surface area contributed by atoms with Crippen LogP contribution in [0.3, 0.4) is 0 Å². The molecule has 1 aromatic carbocycles. The first-order valence-electron chi connectivity index (χ1n) is 10.9. The number of carbonyl (C=O) groups excluding carboxylic acids is 1. The lowest BCUT2D eigenvalue weighted by Crippen LogP contribution is -2.27. The molecule has 1 aliphatic heterocycles. The maximum absolute atomic E-state index is 14.3. The molecule has 7 nitrogen and oxygen atoms in total. The Morgan fingerprint density at radius 2 is 2.25 bits per heavy atom. The zero-order chi connectivity index (χ0) is 22.1. The van der Waals surface area contributed by atoms with Gasteiger partial charge in [0.05, 0.1) is 24.2 Å². The van der Waals surface area contributed by atoms with Crippen LogP contribution in [0, 0.1) is 0 Å². The minimum absolute atomic E-state index is 0.317. The van der Waals surface area contributed by atoms with Gasteiger partial charge in [-0.05, 0) is 55.0 Å². The van der Waals surface area contributed by atoms with Gasteiger partial charge in [-0.2, -0.15) is 5.10 Å². The largest absolute Gasteiger partial charge is 0.460 e. The lowest BCUT2D eigenvalue weighted by atomic mass is 10.0. The molecule has 1 saturated carbocycles. The quantitative estimate of drug-likeness (QED) is 0.577. The number of fused-ring (bicyclic) bond motifs is 1. The van der Waals surface area contributed by atoms with Crippen LogP contribution in [-0.4, -0.2) is 39.1 Å². The molecule has 1 atom stereocenters. The van der Waals surface area contributed by atoms with Gasteiger partial charge in [0.2, 0.25) is 6.36 Å². The molecule has 2 aromatic heterocycles. The first-order valence-corrected chi connectivity index (χ1v) is 10.9. The molecule has 0 spiro atoms. The van der Waals surface area contributed by atoms with Gasteiger partial charge in [-0.15, -0.1) is 0 Å². The highest BCUT2D eigenvalue weighted by Crippen LogP contribution is 2.42. The van der Waals surface area contributed by atoms with Gasteiger partial charge >= 0.3 is 0 Å². The van der Waals surface area contributed by atoms with E-state index in [-0.39, 0.29) is 5.91 Å². The van der Waals surface area contributed by atoms with Crippen molar-refractivity contribution < 1.29 is 13.9 Å². The minimum atomic E-state index is -1.39. The summed E-state index contributed by atoms with van der Waals surface area (Å²) in [5.74, 6) is 0.636. The number of ether oxygens (including phenoxy) is 1. The number of allylic oxidation sites excluding steroid dienone is 1. The average molecular weight is 433 g/mol. The summed E-state index contributed by atoms with van der Waals surface area (Å²) in [5, 5.41) is 7.12. The molecule has 1 fully saturated rings. The third kappa shape index (κ3) is 4.00. The topological polar surface area (TPSA) is 80.9 Å². The molecule has 5 rings (SSSR count). The Morgan fingerprint density at radius 1 is 1.38 bits per heavy atom. The van der Waals surface area contributed by atoms with Gasteiger partial charge in [-0.3, -0.25) is 9.79 Å². The second-order valence-corrected chi connectivity index (χ2v) is 8.05. The zero-order valence-electron chi connectivity index (χ0n) is 17.8. The normalized spacial score (nSPS) is 16.6. The highest BCUT2D eigenvalue weighted by Gasteiger charge is 2.28. The van der Waals surface area contributed by atoms with Gasteiger partial charge in [0.15, 0.2) is 5.65 Å². The number of amides is 1. The number of halogens is 1. The van der Waals surface area contributed by atoms with E-state index < -0.39 is 6.36 Å². The first kappa shape index (κ1) is 20.4. The number of rotatable bonds is 8. The van der Waals surface area contributed by atoms with E-state index >= 15 is 0 Å². The van der Waals surface area contributed by atoms with Gasteiger partial charge in [0.25, 0.3) is 5.91 Å². The molecular formula is C24H24FN5O2. The van der Waals surface area contributed by atoms with Crippen LogP contribution in [0.15, 0.2) is 59.6 Å². The summed E-state index contributed by atoms with van der Waals surface area (Å²) in [6.07, 6.45) is 8.60. The Bertz CT molecular complexity index is 1230. The van der Waals surface area contributed by atoms with E-state index in [1.54, 1.807) is 23.0 Å². The summed E-state index contributed by atoms with van der Waals surface area (Å²) < 4.78 is 21.5. The van der Waals surface area contributed by atoms with Gasteiger partial charge in [0.1, 0.15) is 11.3 Å². The maximum atomic E-state index is 14.3. The van der Waals surface area contributed by atoms with E-state index in [0.29, 0.717) is 59.2 Å². The molecule has 3 heterocycles.